The molecule has 0 amide bonds. The second kappa shape index (κ2) is 9.07. The topological polar surface area (TPSA) is 24.9 Å². The van der Waals surface area contributed by atoms with Crippen LogP contribution in [0.3, 0.4) is 0 Å². The van der Waals surface area contributed by atoms with Crippen LogP contribution in [-0.4, -0.2) is 11.5 Å². The van der Waals surface area contributed by atoms with Crippen molar-refractivity contribution in [3.63, 3.8) is 0 Å². The second-order valence-corrected chi connectivity index (χ2v) is 6.50. The number of pyridine rings is 1. The van der Waals surface area contributed by atoms with Crippen LogP contribution in [-0.2, 0) is 12.8 Å². The van der Waals surface area contributed by atoms with E-state index in [-0.39, 0.29) is 0 Å². The molecule has 2 nitrogen and oxygen atoms in total. The van der Waals surface area contributed by atoms with Gasteiger partial charge in [-0.3, -0.25) is 0 Å². The highest BCUT2D eigenvalue weighted by molar-refractivity contribution is 5.46. The van der Waals surface area contributed by atoms with E-state index in [0.29, 0.717) is 0 Å². The second-order valence-electron chi connectivity index (χ2n) is 6.50. The zero-order valence-electron chi connectivity index (χ0n) is 14.0. The van der Waals surface area contributed by atoms with E-state index in [1.807, 2.05) is 0 Å². The molecule has 1 aromatic heterocycles. The number of hydrogen-bond donors (Lipinski definition) is 1. The molecule has 118 valence electrons. The van der Waals surface area contributed by atoms with E-state index in [1.165, 1.54) is 69.0 Å². The van der Waals surface area contributed by atoms with E-state index in [0.717, 1.165) is 24.7 Å². The van der Waals surface area contributed by atoms with Gasteiger partial charge in [-0.2, -0.15) is 0 Å². The van der Waals surface area contributed by atoms with Gasteiger partial charge in [-0.1, -0.05) is 58.4 Å². The van der Waals surface area contributed by atoms with Crippen LogP contribution >= 0.6 is 0 Å². The van der Waals surface area contributed by atoms with Gasteiger partial charge in [-0.15, -0.1) is 0 Å². The minimum Gasteiger partial charge on any atom is -0.370 e. The van der Waals surface area contributed by atoms with Gasteiger partial charge in [0.25, 0.3) is 0 Å². The Bertz CT molecular complexity index is 414. The summed E-state index contributed by atoms with van der Waals surface area (Å²) in [6.45, 7) is 5.72. The lowest BCUT2D eigenvalue weighted by Crippen LogP contribution is -2.13. The first-order chi connectivity index (χ1) is 10.3. The molecule has 0 radical (unpaired) electrons. The number of anilines is 1. The van der Waals surface area contributed by atoms with Gasteiger partial charge in [0.1, 0.15) is 5.82 Å². The Kier molecular flexibility index (Phi) is 7.05. The first kappa shape index (κ1) is 16.3. The van der Waals surface area contributed by atoms with Crippen molar-refractivity contribution >= 4 is 5.82 Å². The standard InChI is InChI=1S/C19H32N2/c1-3-9-16(4-2)10-6-5-7-12-18-14-13-17-11-8-15-20-19(17)21-18/h13-14,16H,3-12,15H2,1-2H3,(H,20,21). The van der Waals surface area contributed by atoms with E-state index >= 15 is 0 Å². The Morgan fingerprint density at radius 3 is 2.86 bits per heavy atom. The Morgan fingerprint density at radius 2 is 2.05 bits per heavy atom. The smallest absolute Gasteiger partial charge is 0.129 e. The highest BCUT2D eigenvalue weighted by Gasteiger charge is 2.10. The molecule has 0 spiro atoms. The van der Waals surface area contributed by atoms with Crippen molar-refractivity contribution in [1.82, 2.24) is 4.98 Å². The van der Waals surface area contributed by atoms with Crippen molar-refractivity contribution in [3.05, 3.63) is 23.4 Å². The van der Waals surface area contributed by atoms with Crippen LogP contribution in [0.5, 0.6) is 0 Å². The van der Waals surface area contributed by atoms with Gasteiger partial charge >= 0.3 is 0 Å². The molecule has 0 aromatic carbocycles. The van der Waals surface area contributed by atoms with Crippen molar-refractivity contribution < 1.29 is 0 Å². The highest BCUT2D eigenvalue weighted by Crippen LogP contribution is 2.21. The quantitative estimate of drug-likeness (QED) is 0.618. The molecule has 2 heteroatoms. The molecule has 0 saturated carbocycles. The van der Waals surface area contributed by atoms with E-state index in [1.54, 1.807) is 0 Å². The summed E-state index contributed by atoms with van der Waals surface area (Å²) in [4.78, 5) is 4.78. The van der Waals surface area contributed by atoms with Gasteiger partial charge in [-0.05, 0) is 43.2 Å². The number of nitrogens with zero attached hydrogens (tertiary/aromatic N) is 1. The zero-order chi connectivity index (χ0) is 14.9. The third-order valence-electron chi connectivity index (χ3n) is 4.77. The molecule has 1 aromatic rings. The van der Waals surface area contributed by atoms with Crippen LogP contribution in [0, 0.1) is 5.92 Å². The molecule has 0 fully saturated rings. The number of fused-ring (bicyclic) bond motifs is 1. The van der Waals surface area contributed by atoms with Crippen LogP contribution in [0.4, 0.5) is 5.82 Å². The number of aromatic nitrogens is 1. The first-order valence-electron chi connectivity index (χ1n) is 9.06. The third kappa shape index (κ3) is 5.33. The minimum absolute atomic E-state index is 0.959. The summed E-state index contributed by atoms with van der Waals surface area (Å²) in [5.41, 5.74) is 2.67. The molecule has 21 heavy (non-hydrogen) atoms. The van der Waals surface area contributed by atoms with Gasteiger partial charge in [0.15, 0.2) is 0 Å². The minimum atomic E-state index is 0.959. The van der Waals surface area contributed by atoms with E-state index in [9.17, 15) is 0 Å². The van der Waals surface area contributed by atoms with Gasteiger partial charge in [0.05, 0.1) is 0 Å². The Balaban J connectivity index is 1.67. The fourth-order valence-corrected chi connectivity index (χ4v) is 3.38. The molecule has 2 heterocycles. The number of aryl methyl sites for hydroxylation is 2. The van der Waals surface area contributed by atoms with Gasteiger partial charge in [-0.25, -0.2) is 4.98 Å². The molecule has 1 unspecified atom stereocenters. The van der Waals surface area contributed by atoms with Crippen molar-refractivity contribution in [3.8, 4) is 0 Å². The molecule has 0 bridgehead atoms. The van der Waals surface area contributed by atoms with Gasteiger partial charge in [0, 0.05) is 12.2 Å². The van der Waals surface area contributed by atoms with Crippen molar-refractivity contribution in [2.45, 2.75) is 78.1 Å². The van der Waals surface area contributed by atoms with Crippen molar-refractivity contribution in [1.29, 1.82) is 0 Å². The normalized spacial score (nSPS) is 15.3. The summed E-state index contributed by atoms with van der Waals surface area (Å²) < 4.78 is 0. The van der Waals surface area contributed by atoms with Gasteiger partial charge in [0.2, 0.25) is 0 Å². The summed E-state index contributed by atoms with van der Waals surface area (Å²) in [5.74, 6) is 2.11. The summed E-state index contributed by atoms with van der Waals surface area (Å²) >= 11 is 0. The van der Waals surface area contributed by atoms with E-state index in [4.69, 9.17) is 4.98 Å². The first-order valence-corrected chi connectivity index (χ1v) is 9.06. The maximum atomic E-state index is 4.78. The number of nitrogens with one attached hydrogen (secondary N) is 1. The summed E-state index contributed by atoms with van der Waals surface area (Å²) in [6, 6.07) is 4.51. The van der Waals surface area contributed by atoms with E-state index in [2.05, 4.69) is 31.3 Å². The van der Waals surface area contributed by atoms with Crippen LogP contribution in [0.2, 0.25) is 0 Å². The van der Waals surface area contributed by atoms with Crippen molar-refractivity contribution in [2.75, 3.05) is 11.9 Å². The molecule has 2 rings (SSSR count). The average Bonchev–Trinajstić information content (AvgIpc) is 2.53. The van der Waals surface area contributed by atoms with Gasteiger partial charge < -0.3 is 5.32 Å². The number of rotatable bonds is 9. The van der Waals surface area contributed by atoms with E-state index < -0.39 is 0 Å². The van der Waals surface area contributed by atoms with Crippen LogP contribution < -0.4 is 5.32 Å². The SMILES string of the molecule is CCCC(CC)CCCCCc1ccc2c(n1)NCCC2. The Hall–Kier alpha value is -1.05. The largest absolute Gasteiger partial charge is 0.370 e. The summed E-state index contributed by atoms with van der Waals surface area (Å²) in [7, 11) is 0. The molecule has 1 atom stereocenters. The maximum Gasteiger partial charge on any atom is 0.129 e. The Labute approximate surface area is 130 Å². The maximum absolute atomic E-state index is 4.78. The zero-order valence-corrected chi connectivity index (χ0v) is 14.0. The van der Waals surface area contributed by atoms with Crippen LogP contribution in [0.25, 0.3) is 0 Å². The predicted molar refractivity (Wildman–Crippen MR) is 91.9 cm³/mol. The van der Waals surface area contributed by atoms with Crippen LogP contribution in [0.15, 0.2) is 12.1 Å². The number of hydrogen-bond acceptors (Lipinski definition) is 2. The molecule has 1 aliphatic rings. The average molecular weight is 288 g/mol. The lowest BCUT2D eigenvalue weighted by molar-refractivity contribution is 0.410. The fraction of sp³-hybridized carbons (Fsp3) is 0.737. The Morgan fingerprint density at radius 1 is 1.14 bits per heavy atom. The summed E-state index contributed by atoms with van der Waals surface area (Å²) in [6.07, 6.45) is 13.1. The predicted octanol–water partition coefficient (Wildman–Crippen LogP) is 5.37. The molecule has 1 aliphatic heterocycles. The summed E-state index contributed by atoms with van der Waals surface area (Å²) in [5, 5.41) is 3.43. The lowest BCUT2D eigenvalue weighted by atomic mass is 9.94. The molecular formula is C19H32N2. The number of unbranched alkanes of at least 4 members (excludes halogenated alkanes) is 2. The molecule has 0 saturated heterocycles. The highest BCUT2D eigenvalue weighted by atomic mass is 15.0. The monoisotopic (exact) mass is 288 g/mol. The lowest BCUT2D eigenvalue weighted by Gasteiger charge is -2.17. The van der Waals surface area contributed by atoms with Crippen LogP contribution in [0.1, 0.15) is 76.5 Å². The third-order valence-corrected chi connectivity index (χ3v) is 4.77. The fourth-order valence-electron chi connectivity index (χ4n) is 3.38. The molecule has 0 aliphatic carbocycles. The molecular weight excluding hydrogens is 256 g/mol. The molecule has 1 N–H and O–H groups in total. The van der Waals surface area contributed by atoms with Crippen molar-refractivity contribution in [2.24, 2.45) is 5.92 Å².